The number of rotatable bonds is 4. The van der Waals surface area contributed by atoms with Gasteiger partial charge in [-0.25, -0.2) is 0 Å². The van der Waals surface area contributed by atoms with E-state index in [0.717, 1.165) is 24.3 Å². The second kappa shape index (κ2) is 6.12. The predicted molar refractivity (Wildman–Crippen MR) is 90.7 cm³/mol. The molecule has 0 aromatic heterocycles. The van der Waals surface area contributed by atoms with Crippen LogP contribution < -0.4 is 5.43 Å². The van der Waals surface area contributed by atoms with Crippen molar-refractivity contribution in [2.24, 2.45) is 5.92 Å². The summed E-state index contributed by atoms with van der Waals surface area (Å²) in [5.74, 6) is -2.95. The molecular weight excluding hydrogens is 360 g/mol. The molecule has 0 radical (unpaired) electrons. The van der Waals surface area contributed by atoms with Crippen LogP contribution in [0.3, 0.4) is 0 Å². The summed E-state index contributed by atoms with van der Waals surface area (Å²) in [6.45, 7) is 3.13. The summed E-state index contributed by atoms with van der Waals surface area (Å²) in [6.07, 6.45) is 0. The highest BCUT2D eigenvalue weighted by molar-refractivity contribution is 6.27. The number of nitrogens with zero attached hydrogens (tertiary/aromatic N) is 3. The Morgan fingerprint density at radius 1 is 0.926 bits per heavy atom. The molecule has 0 bridgehead atoms. The van der Waals surface area contributed by atoms with Gasteiger partial charge in [0.15, 0.2) is 0 Å². The van der Waals surface area contributed by atoms with E-state index in [1.165, 1.54) is 0 Å². The van der Waals surface area contributed by atoms with E-state index >= 15 is 0 Å². The standard InChI is InChI=1S/C16H12N4O7/c1-7(2)14(21)17-18-15(22)8-3-5-10(19(24)25)13-11(20(26)27)6-4-9(12(8)13)16(18)23/h3-7H,1-2H3,(H,17,21). The SMILES string of the molecule is CC(C)C(=O)NN1C(=O)c2ccc([N+](=O)[O-])c3c([N+](=O)[O-])ccc(c23)C1=O. The Labute approximate surface area is 150 Å². The number of non-ortho nitro benzene ring substituents is 2. The molecule has 11 nitrogen and oxygen atoms in total. The Balaban J connectivity index is 2.31. The molecule has 2 aromatic carbocycles. The summed E-state index contributed by atoms with van der Waals surface area (Å²) in [4.78, 5) is 58.3. The number of nitrogens with one attached hydrogen (secondary N) is 1. The summed E-state index contributed by atoms with van der Waals surface area (Å²) in [5, 5.41) is 22.6. The molecule has 3 amide bonds. The number of imide groups is 1. The first kappa shape index (κ1) is 17.9. The van der Waals surface area contributed by atoms with Gasteiger partial charge in [0.1, 0.15) is 5.39 Å². The average molecular weight is 372 g/mol. The van der Waals surface area contributed by atoms with Gasteiger partial charge in [-0.1, -0.05) is 13.8 Å². The van der Waals surface area contributed by atoms with E-state index in [1.807, 2.05) is 0 Å². The van der Waals surface area contributed by atoms with Crippen molar-refractivity contribution >= 4 is 39.9 Å². The van der Waals surface area contributed by atoms with Gasteiger partial charge in [-0.15, -0.1) is 0 Å². The molecule has 0 spiro atoms. The smallest absolute Gasteiger partial charge is 0.273 e. The molecule has 1 N–H and O–H groups in total. The maximum absolute atomic E-state index is 12.7. The van der Waals surface area contributed by atoms with Crippen molar-refractivity contribution < 1.29 is 24.2 Å². The van der Waals surface area contributed by atoms with Crippen molar-refractivity contribution in [1.29, 1.82) is 0 Å². The van der Waals surface area contributed by atoms with Crippen LogP contribution in [-0.2, 0) is 4.79 Å². The number of nitro benzene ring substituents is 2. The molecule has 1 aliphatic heterocycles. The molecule has 0 saturated carbocycles. The van der Waals surface area contributed by atoms with Crippen molar-refractivity contribution in [3.63, 3.8) is 0 Å². The highest BCUT2D eigenvalue weighted by Gasteiger charge is 2.38. The molecule has 0 unspecified atom stereocenters. The van der Waals surface area contributed by atoms with Crippen molar-refractivity contribution in [2.75, 3.05) is 0 Å². The van der Waals surface area contributed by atoms with Crippen molar-refractivity contribution in [3.05, 3.63) is 55.6 Å². The first-order valence-electron chi connectivity index (χ1n) is 7.73. The summed E-state index contributed by atoms with van der Waals surface area (Å²) in [6, 6.07) is 4.14. The lowest BCUT2D eigenvalue weighted by molar-refractivity contribution is -0.390. The van der Waals surface area contributed by atoms with E-state index in [1.54, 1.807) is 13.8 Å². The van der Waals surface area contributed by atoms with Crippen LogP contribution in [0.25, 0.3) is 10.8 Å². The van der Waals surface area contributed by atoms with Crippen LogP contribution in [0.4, 0.5) is 11.4 Å². The van der Waals surface area contributed by atoms with Gasteiger partial charge in [0.05, 0.1) is 21.0 Å². The molecule has 1 heterocycles. The number of carbonyl (C=O) groups is 3. The molecule has 0 saturated heterocycles. The Kier molecular flexibility index (Phi) is 4.06. The van der Waals surface area contributed by atoms with Gasteiger partial charge in [0.25, 0.3) is 23.2 Å². The normalized spacial score (nSPS) is 13.2. The molecule has 0 atom stereocenters. The molecule has 138 valence electrons. The lowest BCUT2D eigenvalue weighted by atomic mass is 9.92. The van der Waals surface area contributed by atoms with E-state index in [4.69, 9.17) is 0 Å². The Morgan fingerprint density at radius 2 is 1.37 bits per heavy atom. The fraction of sp³-hybridized carbons (Fsp3) is 0.188. The monoisotopic (exact) mass is 372 g/mol. The third kappa shape index (κ3) is 2.65. The van der Waals surface area contributed by atoms with Crippen LogP contribution in [0.1, 0.15) is 34.6 Å². The van der Waals surface area contributed by atoms with E-state index in [-0.39, 0.29) is 16.5 Å². The maximum atomic E-state index is 12.7. The third-order valence-corrected chi connectivity index (χ3v) is 4.12. The van der Waals surface area contributed by atoms with Gasteiger partial charge >= 0.3 is 0 Å². The Bertz CT molecular complexity index is 992. The molecular formula is C16H12N4O7. The van der Waals surface area contributed by atoms with Gasteiger partial charge in [0, 0.05) is 23.4 Å². The summed E-state index contributed by atoms with van der Waals surface area (Å²) >= 11 is 0. The largest absolute Gasteiger partial charge is 0.284 e. The van der Waals surface area contributed by atoms with Gasteiger partial charge in [-0.05, 0) is 12.1 Å². The zero-order valence-corrected chi connectivity index (χ0v) is 14.1. The van der Waals surface area contributed by atoms with Crippen LogP contribution >= 0.6 is 0 Å². The van der Waals surface area contributed by atoms with Gasteiger partial charge in [-0.3, -0.25) is 40.0 Å². The molecule has 27 heavy (non-hydrogen) atoms. The van der Waals surface area contributed by atoms with Crippen molar-refractivity contribution in [3.8, 4) is 0 Å². The Morgan fingerprint density at radius 3 is 1.74 bits per heavy atom. The predicted octanol–water partition coefficient (Wildman–Crippen LogP) is 1.94. The van der Waals surface area contributed by atoms with Crippen LogP contribution in [-0.4, -0.2) is 32.6 Å². The van der Waals surface area contributed by atoms with Gasteiger partial charge in [-0.2, -0.15) is 5.01 Å². The Hall–Kier alpha value is -3.89. The van der Waals surface area contributed by atoms with Crippen molar-refractivity contribution in [2.45, 2.75) is 13.8 Å². The van der Waals surface area contributed by atoms with Crippen LogP contribution in [0.5, 0.6) is 0 Å². The first-order valence-corrected chi connectivity index (χ1v) is 7.73. The summed E-state index contributed by atoms with van der Waals surface area (Å²) in [7, 11) is 0. The number of amides is 3. The number of benzene rings is 2. The second-order valence-corrected chi connectivity index (χ2v) is 6.11. The average Bonchev–Trinajstić information content (AvgIpc) is 2.61. The van der Waals surface area contributed by atoms with Crippen LogP contribution in [0, 0.1) is 26.1 Å². The number of nitro groups is 2. The number of carbonyl (C=O) groups excluding carboxylic acids is 3. The first-order chi connectivity index (χ1) is 12.6. The molecule has 0 fully saturated rings. The van der Waals surface area contributed by atoms with Gasteiger partial charge < -0.3 is 0 Å². The zero-order chi connectivity index (χ0) is 20.0. The summed E-state index contributed by atoms with van der Waals surface area (Å²) in [5.41, 5.74) is 0.705. The van der Waals surface area contributed by atoms with E-state index in [2.05, 4.69) is 5.43 Å². The molecule has 3 rings (SSSR count). The number of hydrazine groups is 1. The highest BCUT2D eigenvalue weighted by atomic mass is 16.6. The lowest BCUT2D eigenvalue weighted by Crippen LogP contribution is -2.52. The minimum atomic E-state index is -0.929. The van der Waals surface area contributed by atoms with E-state index < -0.39 is 50.2 Å². The zero-order valence-electron chi connectivity index (χ0n) is 14.1. The van der Waals surface area contributed by atoms with Crippen LogP contribution in [0.2, 0.25) is 0 Å². The number of hydrogen-bond donors (Lipinski definition) is 1. The highest BCUT2D eigenvalue weighted by Crippen LogP contribution is 2.40. The van der Waals surface area contributed by atoms with Gasteiger partial charge in [0.2, 0.25) is 5.91 Å². The minimum Gasteiger partial charge on any atom is -0.273 e. The van der Waals surface area contributed by atoms with E-state index in [9.17, 15) is 34.6 Å². The topological polar surface area (TPSA) is 153 Å². The molecule has 2 aromatic rings. The number of hydrogen-bond acceptors (Lipinski definition) is 7. The fourth-order valence-electron chi connectivity index (χ4n) is 2.79. The lowest BCUT2D eigenvalue weighted by Gasteiger charge is -2.27. The quantitative estimate of drug-likeness (QED) is 0.489. The molecule has 11 heteroatoms. The molecule has 1 aliphatic rings. The molecule has 0 aliphatic carbocycles. The summed E-state index contributed by atoms with van der Waals surface area (Å²) < 4.78 is 0. The second-order valence-electron chi connectivity index (χ2n) is 6.11. The van der Waals surface area contributed by atoms with Crippen LogP contribution in [0.15, 0.2) is 24.3 Å². The third-order valence-electron chi connectivity index (χ3n) is 4.12. The van der Waals surface area contributed by atoms with Crippen molar-refractivity contribution in [1.82, 2.24) is 10.4 Å². The minimum absolute atomic E-state index is 0.155. The fourth-order valence-corrected chi connectivity index (χ4v) is 2.79. The maximum Gasteiger partial charge on any atom is 0.284 e. The van der Waals surface area contributed by atoms with E-state index in [0.29, 0.717) is 5.01 Å².